The van der Waals surface area contributed by atoms with E-state index in [0.29, 0.717) is 26.4 Å². The van der Waals surface area contributed by atoms with Crippen LogP contribution in [0.1, 0.15) is 19.3 Å². The highest BCUT2D eigenvalue weighted by molar-refractivity contribution is 4.54. The molecule has 16 heavy (non-hydrogen) atoms. The third kappa shape index (κ3) is 13.7. The number of hydrogen-bond donors (Lipinski definition) is 1. The Hall–Kier alpha value is -0.330. The molecule has 0 aliphatic rings. The first-order valence-electron chi connectivity index (χ1n) is 5.40. The molecule has 98 valence electrons. The molecule has 0 rings (SSSR count). The molecule has 0 radical (unpaired) electrons. The summed E-state index contributed by atoms with van der Waals surface area (Å²) < 4.78 is 45.2. The lowest BCUT2D eigenvalue weighted by Gasteiger charge is -2.07. The summed E-state index contributed by atoms with van der Waals surface area (Å²) in [6.45, 7) is 2.36. The van der Waals surface area contributed by atoms with Crippen LogP contribution in [0.15, 0.2) is 0 Å². The number of nitrogens with one attached hydrogen (secondary N) is 1. The largest absolute Gasteiger partial charge is 0.390 e. The van der Waals surface area contributed by atoms with Crippen molar-refractivity contribution in [3.05, 3.63) is 0 Å². The Labute approximate surface area is 94.3 Å². The zero-order valence-corrected chi connectivity index (χ0v) is 9.61. The molecule has 0 aromatic heterocycles. The van der Waals surface area contributed by atoms with Gasteiger partial charge in [0, 0.05) is 20.3 Å². The van der Waals surface area contributed by atoms with Crippen LogP contribution in [0.2, 0.25) is 0 Å². The molecular weight excluding hydrogens is 223 g/mol. The molecule has 3 nitrogen and oxygen atoms in total. The molecule has 0 heterocycles. The van der Waals surface area contributed by atoms with Crippen LogP contribution >= 0.6 is 0 Å². The smallest absolute Gasteiger partial charge is 0.382 e. The van der Waals surface area contributed by atoms with E-state index in [0.717, 1.165) is 12.8 Å². The highest BCUT2D eigenvalue weighted by atomic mass is 19.4. The van der Waals surface area contributed by atoms with Gasteiger partial charge in [0.25, 0.3) is 0 Å². The number of methoxy groups -OCH3 is 1. The molecule has 0 aliphatic carbocycles. The minimum atomic E-state index is -4.06. The predicted octanol–water partition coefficient (Wildman–Crippen LogP) is 1.97. The second kappa shape index (κ2) is 9.86. The Bertz CT molecular complexity index is 153. The van der Waals surface area contributed by atoms with Crippen LogP contribution in [-0.2, 0) is 9.47 Å². The van der Waals surface area contributed by atoms with Crippen molar-refractivity contribution in [1.82, 2.24) is 5.32 Å². The predicted molar refractivity (Wildman–Crippen MR) is 55.5 cm³/mol. The van der Waals surface area contributed by atoms with Crippen LogP contribution in [0.3, 0.4) is 0 Å². The van der Waals surface area contributed by atoms with E-state index in [2.05, 4.69) is 5.32 Å². The number of ether oxygens (including phenoxy) is 2. The topological polar surface area (TPSA) is 30.5 Å². The lowest BCUT2D eigenvalue weighted by Crippen LogP contribution is -2.22. The van der Waals surface area contributed by atoms with E-state index in [4.69, 9.17) is 9.47 Å². The molecule has 0 fully saturated rings. The SMILES string of the molecule is COCCOCCCCNCCC(F)(F)F. The van der Waals surface area contributed by atoms with Crippen molar-refractivity contribution < 1.29 is 22.6 Å². The molecular formula is C10H20F3NO2. The molecule has 6 heteroatoms. The Morgan fingerprint density at radius 3 is 2.38 bits per heavy atom. The van der Waals surface area contributed by atoms with Gasteiger partial charge in [-0.25, -0.2) is 0 Å². The Morgan fingerprint density at radius 2 is 1.75 bits per heavy atom. The maximum Gasteiger partial charge on any atom is 0.390 e. The van der Waals surface area contributed by atoms with Gasteiger partial charge in [-0.05, 0) is 19.4 Å². The fraction of sp³-hybridized carbons (Fsp3) is 1.00. The second-order valence-corrected chi connectivity index (χ2v) is 3.43. The maximum atomic E-state index is 11.7. The zero-order chi connectivity index (χ0) is 12.3. The van der Waals surface area contributed by atoms with Gasteiger partial charge in [-0.3, -0.25) is 0 Å². The van der Waals surface area contributed by atoms with Crippen molar-refractivity contribution in [3.8, 4) is 0 Å². The molecule has 0 saturated heterocycles. The van der Waals surface area contributed by atoms with Crippen LogP contribution < -0.4 is 5.32 Å². The highest BCUT2D eigenvalue weighted by Crippen LogP contribution is 2.17. The van der Waals surface area contributed by atoms with Gasteiger partial charge in [0.2, 0.25) is 0 Å². The quantitative estimate of drug-likeness (QED) is 0.595. The molecule has 0 unspecified atom stereocenters. The lowest BCUT2D eigenvalue weighted by atomic mass is 10.3. The molecule has 0 bridgehead atoms. The summed E-state index contributed by atoms with van der Waals surface area (Å²) in [4.78, 5) is 0. The average Bonchev–Trinajstić information content (AvgIpc) is 2.19. The number of alkyl halides is 3. The van der Waals surface area contributed by atoms with Gasteiger partial charge < -0.3 is 14.8 Å². The van der Waals surface area contributed by atoms with Crippen LogP contribution in [-0.4, -0.2) is 46.2 Å². The molecule has 0 spiro atoms. The Kier molecular flexibility index (Phi) is 9.66. The van der Waals surface area contributed by atoms with Crippen LogP contribution in [0, 0.1) is 0 Å². The Morgan fingerprint density at radius 1 is 1.00 bits per heavy atom. The van der Waals surface area contributed by atoms with E-state index in [1.165, 1.54) is 0 Å². The fourth-order valence-corrected chi connectivity index (χ4v) is 1.05. The van der Waals surface area contributed by atoms with E-state index < -0.39 is 12.6 Å². The molecule has 0 aromatic rings. The van der Waals surface area contributed by atoms with Gasteiger partial charge in [0.05, 0.1) is 19.6 Å². The lowest BCUT2D eigenvalue weighted by molar-refractivity contribution is -0.133. The number of hydrogen-bond acceptors (Lipinski definition) is 3. The summed E-state index contributed by atoms with van der Waals surface area (Å²) >= 11 is 0. The highest BCUT2D eigenvalue weighted by Gasteiger charge is 2.25. The van der Waals surface area contributed by atoms with Crippen molar-refractivity contribution in [3.63, 3.8) is 0 Å². The summed E-state index contributed by atoms with van der Waals surface area (Å²) in [6.07, 6.45) is -3.15. The summed E-state index contributed by atoms with van der Waals surface area (Å²) in [5.41, 5.74) is 0. The van der Waals surface area contributed by atoms with Crippen LogP contribution in [0.25, 0.3) is 0 Å². The first-order chi connectivity index (χ1) is 7.56. The summed E-state index contributed by atoms with van der Waals surface area (Å²) in [5, 5.41) is 2.74. The van der Waals surface area contributed by atoms with Crippen molar-refractivity contribution in [2.75, 3.05) is 40.0 Å². The molecule has 0 aliphatic heterocycles. The minimum absolute atomic E-state index is 0.00592. The normalized spacial score (nSPS) is 12.0. The third-order valence-corrected chi connectivity index (χ3v) is 1.91. The standard InChI is InChI=1S/C10H20F3NO2/c1-15-8-9-16-7-3-2-5-14-6-4-10(11,12)13/h14H,2-9H2,1H3. The van der Waals surface area contributed by atoms with Gasteiger partial charge in [0.15, 0.2) is 0 Å². The summed E-state index contributed by atoms with van der Waals surface area (Å²) in [5.74, 6) is 0. The minimum Gasteiger partial charge on any atom is -0.382 e. The first kappa shape index (κ1) is 15.7. The molecule has 0 amide bonds. The maximum absolute atomic E-state index is 11.7. The molecule has 1 N–H and O–H groups in total. The van der Waals surface area contributed by atoms with Crippen molar-refractivity contribution in [2.45, 2.75) is 25.4 Å². The molecule has 0 aromatic carbocycles. The Balaban J connectivity index is 2.99. The van der Waals surface area contributed by atoms with E-state index in [1.807, 2.05) is 0 Å². The van der Waals surface area contributed by atoms with Crippen molar-refractivity contribution >= 4 is 0 Å². The molecule has 0 saturated carbocycles. The molecule has 0 atom stereocenters. The monoisotopic (exact) mass is 243 g/mol. The number of rotatable bonds is 10. The average molecular weight is 243 g/mol. The first-order valence-corrected chi connectivity index (χ1v) is 5.40. The van der Waals surface area contributed by atoms with E-state index >= 15 is 0 Å². The summed E-state index contributed by atoms with van der Waals surface area (Å²) in [7, 11) is 1.61. The van der Waals surface area contributed by atoms with E-state index in [9.17, 15) is 13.2 Å². The van der Waals surface area contributed by atoms with Gasteiger partial charge in [-0.2, -0.15) is 13.2 Å². The van der Waals surface area contributed by atoms with Crippen molar-refractivity contribution in [2.24, 2.45) is 0 Å². The zero-order valence-electron chi connectivity index (χ0n) is 9.61. The van der Waals surface area contributed by atoms with Gasteiger partial charge in [0.1, 0.15) is 0 Å². The number of halogens is 3. The van der Waals surface area contributed by atoms with E-state index in [1.54, 1.807) is 7.11 Å². The third-order valence-electron chi connectivity index (χ3n) is 1.91. The van der Waals surface area contributed by atoms with Crippen LogP contribution in [0.5, 0.6) is 0 Å². The van der Waals surface area contributed by atoms with E-state index in [-0.39, 0.29) is 6.54 Å². The van der Waals surface area contributed by atoms with Gasteiger partial charge in [-0.15, -0.1) is 0 Å². The van der Waals surface area contributed by atoms with Crippen LogP contribution in [0.4, 0.5) is 13.2 Å². The second-order valence-electron chi connectivity index (χ2n) is 3.43. The van der Waals surface area contributed by atoms with Gasteiger partial charge in [-0.1, -0.05) is 0 Å². The van der Waals surface area contributed by atoms with Crippen molar-refractivity contribution in [1.29, 1.82) is 0 Å². The van der Waals surface area contributed by atoms with Gasteiger partial charge >= 0.3 is 6.18 Å². The fourth-order valence-electron chi connectivity index (χ4n) is 1.05. The summed E-state index contributed by atoms with van der Waals surface area (Å²) in [6, 6.07) is 0. The number of unbranched alkanes of at least 4 members (excludes halogenated alkanes) is 1.